The fourth-order valence-electron chi connectivity index (χ4n) is 3.83. The van der Waals surface area contributed by atoms with Crippen LogP contribution in [0.15, 0.2) is 96.1 Å². The Bertz CT molecular complexity index is 1230. The van der Waals surface area contributed by atoms with Crippen molar-refractivity contribution in [3.8, 4) is 11.5 Å². The van der Waals surface area contributed by atoms with Crippen molar-refractivity contribution in [2.75, 3.05) is 11.6 Å². The van der Waals surface area contributed by atoms with E-state index in [1.54, 1.807) is 0 Å². The predicted octanol–water partition coefficient (Wildman–Crippen LogP) is 6.20. The van der Waals surface area contributed by atoms with Crippen molar-refractivity contribution in [1.29, 1.82) is 0 Å². The van der Waals surface area contributed by atoms with Crippen molar-refractivity contribution in [3.05, 3.63) is 108 Å². The molecule has 0 aromatic heterocycles. The van der Waals surface area contributed by atoms with Gasteiger partial charge in [0.25, 0.3) is 5.91 Å². The summed E-state index contributed by atoms with van der Waals surface area (Å²) in [5.74, 6) is 1.18. The van der Waals surface area contributed by atoms with Gasteiger partial charge >= 0.3 is 0 Å². The SMILES string of the molecule is C=CCc1cc(/C=C2/C(=O)N(c3ccccc3)N=C2C)cc(OCC)c1OCc1ccccc1. The number of allylic oxidation sites excluding steroid dienone is 1. The molecule has 0 radical (unpaired) electrons. The van der Waals surface area contributed by atoms with E-state index in [4.69, 9.17) is 9.47 Å². The van der Waals surface area contributed by atoms with E-state index in [2.05, 4.69) is 11.7 Å². The number of benzene rings is 3. The van der Waals surface area contributed by atoms with Crippen LogP contribution in [0.2, 0.25) is 0 Å². The Labute approximate surface area is 200 Å². The van der Waals surface area contributed by atoms with Gasteiger partial charge in [-0.05, 0) is 61.7 Å². The van der Waals surface area contributed by atoms with Gasteiger partial charge in [-0.3, -0.25) is 4.79 Å². The minimum atomic E-state index is -0.156. The highest BCUT2D eigenvalue weighted by molar-refractivity contribution is 6.32. The molecule has 0 atom stereocenters. The molecule has 1 heterocycles. The van der Waals surface area contributed by atoms with Gasteiger partial charge in [-0.25, -0.2) is 0 Å². The molecule has 0 N–H and O–H groups in total. The molecule has 0 spiro atoms. The van der Waals surface area contributed by atoms with Gasteiger partial charge in [0.2, 0.25) is 0 Å². The zero-order chi connectivity index (χ0) is 23.9. The van der Waals surface area contributed by atoms with E-state index >= 15 is 0 Å². The van der Waals surface area contributed by atoms with E-state index in [0.717, 1.165) is 22.4 Å². The molecule has 0 fully saturated rings. The smallest absolute Gasteiger partial charge is 0.280 e. The second kappa shape index (κ2) is 10.7. The average Bonchev–Trinajstić information content (AvgIpc) is 3.13. The molecule has 1 amide bonds. The maximum atomic E-state index is 13.1. The number of ether oxygens (including phenoxy) is 2. The number of hydrogen-bond acceptors (Lipinski definition) is 4. The molecule has 0 unspecified atom stereocenters. The number of carbonyl (C=O) groups excluding carboxylic acids is 1. The summed E-state index contributed by atoms with van der Waals surface area (Å²) in [6.07, 6.45) is 4.31. The third-order valence-corrected chi connectivity index (χ3v) is 5.42. The van der Waals surface area contributed by atoms with E-state index in [9.17, 15) is 4.79 Å². The van der Waals surface area contributed by atoms with Gasteiger partial charge in [0, 0.05) is 5.56 Å². The predicted molar refractivity (Wildman–Crippen MR) is 137 cm³/mol. The summed E-state index contributed by atoms with van der Waals surface area (Å²) in [7, 11) is 0. The third-order valence-electron chi connectivity index (χ3n) is 5.42. The van der Waals surface area contributed by atoms with Crippen LogP contribution in [0.4, 0.5) is 5.69 Å². The summed E-state index contributed by atoms with van der Waals surface area (Å²) in [6, 6.07) is 23.4. The second-order valence-electron chi connectivity index (χ2n) is 7.90. The Hall–Kier alpha value is -4.12. The van der Waals surface area contributed by atoms with E-state index in [1.165, 1.54) is 5.01 Å². The summed E-state index contributed by atoms with van der Waals surface area (Å²) >= 11 is 0. The molecule has 1 aliphatic heterocycles. The standard InChI is InChI=1S/C29H28N2O3/c1-4-12-24-17-23(18-26-21(3)30-31(29(26)32)25-15-10-7-11-16-25)19-27(33-5-2)28(24)34-20-22-13-8-6-9-14-22/h4,6-11,13-19H,1,5,12,20H2,2-3H3/b26-18+. The lowest BCUT2D eigenvalue weighted by molar-refractivity contribution is -0.114. The first-order valence-electron chi connectivity index (χ1n) is 11.3. The lowest BCUT2D eigenvalue weighted by Gasteiger charge is -2.17. The Morgan fingerprint density at radius 1 is 1.00 bits per heavy atom. The Kier molecular flexibility index (Phi) is 7.23. The highest BCUT2D eigenvalue weighted by atomic mass is 16.5. The van der Waals surface area contributed by atoms with Crippen molar-refractivity contribution in [2.24, 2.45) is 5.10 Å². The van der Waals surface area contributed by atoms with Gasteiger partial charge in [0.15, 0.2) is 11.5 Å². The van der Waals surface area contributed by atoms with Crippen LogP contribution in [0.3, 0.4) is 0 Å². The maximum absolute atomic E-state index is 13.1. The topological polar surface area (TPSA) is 51.1 Å². The first-order chi connectivity index (χ1) is 16.6. The highest BCUT2D eigenvalue weighted by Gasteiger charge is 2.28. The molecule has 0 saturated carbocycles. The number of hydrazone groups is 1. The van der Waals surface area contributed by atoms with Crippen LogP contribution < -0.4 is 14.5 Å². The minimum absolute atomic E-state index is 0.156. The van der Waals surface area contributed by atoms with Crippen LogP contribution in [0.5, 0.6) is 11.5 Å². The number of amides is 1. The van der Waals surface area contributed by atoms with E-state index < -0.39 is 0 Å². The summed E-state index contributed by atoms with van der Waals surface area (Å²) in [4.78, 5) is 13.1. The molecule has 172 valence electrons. The number of nitrogens with zero attached hydrogens (tertiary/aromatic N) is 2. The summed E-state index contributed by atoms with van der Waals surface area (Å²) in [5, 5.41) is 5.91. The zero-order valence-corrected chi connectivity index (χ0v) is 19.5. The fraction of sp³-hybridized carbons (Fsp3) is 0.172. The summed E-state index contributed by atoms with van der Waals surface area (Å²) in [6.45, 7) is 8.61. The van der Waals surface area contributed by atoms with Crippen LogP contribution in [0.25, 0.3) is 6.08 Å². The Balaban J connectivity index is 1.68. The molecular weight excluding hydrogens is 424 g/mol. The highest BCUT2D eigenvalue weighted by Crippen LogP contribution is 2.36. The van der Waals surface area contributed by atoms with Crippen LogP contribution in [0, 0.1) is 0 Å². The maximum Gasteiger partial charge on any atom is 0.280 e. The number of rotatable bonds is 9. The van der Waals surface area contributed by atoms with Gasteiger partial charge in [0.05, 0.1) is 23.6 Å². The lowest BCUT2D eigenvalue weighted by Crippen LogP contribution is -2.21. The number of carbonyl (C=O) groups is 1. The van der Waals surface area contributed by atoms with Gasteiger partial charge < -0.3 is 9.47 Å². The zero-order valence-electron chi connectivity index (χ0n) is 19.5. The molecule has 34 heavy (non-hydrogen) atoms. The normalized spacial score (nSPS) is 14.3. The quantitative estimate of drug-likeness (QED) is 0.287. The molecular formula is C29H28N2O3. The van der Waals surface area contributed by atoms with E-state index in [1.807, 2.05) is 98.8 Å². The average molecular weight is 453 g/mol. The Morgan fingerprint density at radius 3 is 2.38 bits per heavy atom. The van der Waals surface area contributed by atoms with Gasteiger partial charge in [0.1, 0.15) is 6.61 Å². The van der Waals surface area contributed by atoms with Gasteiger partial charge in [-0.1, -0.05) is 54.6 Å². The van der Waals surface area contributed by atoms with Crippen molar-refractivity contribution in [2.45, 2.75) is 26.9 Å². The van der Waals surface area contributed by atoms with Crippen LogP contribution >= 0.6 is 0 Å². The molecule has 5 nitrogen and oxygen atoms in total. The number of anilines is 1. The van der Waals surface area contributed by atoms with Crippen molar-refractivity contribution in [3.63, 3.8) is 0 Å². The molecule has 0 bridgehead atoms. The monoisotopic (exact) mass is 452 g/mol. The largest absolute Gasteiger partial charge is 0.490 e. The molecule has 3 aromatic rings. The van der Waals surface area contributed by atoms with Crippen LogP contribution in [-0.4, -0.2) is 18.2 Å². The molecule has 3 aromatic carbocycles. The van der Waals surface area contributed by atoms with Crippen molar-refractivity contribution < 1.29 is 14.3 Å². The van der Waals surface area contributed by atoms with E-state index in [-0.39, 0.29) is 5.91 Å². The second-order valence-corrected chi connectivity index (χ2v) is 7.90. The molecule has 0 aliphatic carbocycles. The fourth-order valence-corrected chi connectivity index (χ4v) is 3.83. The Morgan fingerprint density at radius 2 is 1.71 bits per heavy atom. The number of para-hydroxylation sites is 1. The van der Waals surface area contributed by atoms with Crippen LogP contribution in [0.1, 0.15) is 30.5 Å². The first kappa shape index (κ1) is 23.1. The van der Waals surface area contributed by atoms with E-state index in [0.29, 0.717) is 42.4 Å². The molecule has 5 heteroatoms. The first-order valence-corrected chi connectivity index (χ1v) is 11.3. The van der Waals surface area contributed by atoms with Gasteiger partial charge in [-0.2, -0.15) is 10.1 Å². The lowest BCUT2D eigenvalue weighted by atomic mass is 10.0. The minimum Gasteiger partial charge on any atom is -0.490 e. The van der Waals surface area contributed by atoms with Gasteiger partial charge in [-0.15, -0.1) is 6.58 Å². The number of hydrogen-bond donors (Lipinski definition) is 0. The third kappa shape index (κ3) is 5.09. The van der Waals surface area contributed by atoms with Crippen molar-refractivity contribution >= 4 is 23.4 Å². The van der Waals surface area contributed by atoms with Crippen LogP contribution in [-0.2, 0) is 17.8 Å². The van der Waals surface area contributed by atoms with Crippen molar-refractivity contribution in [1.82, 2.24) is 0 Å². The summed E-state index contributed by atoms with van der Waals surface area (Å²) in [5.41, 5.74) is 4.83. The molecule has 1 aliphatic rings. The molecule has 4 rings (SSSR count). The molecule has 0 saturated heterocycles. The summed E-state index contributed by atoms with van der Waals surface area (Å²) < 4.78 is 12.2.